The molecular formula is C15H15N5O3S2. The van der Waals surface area contributed by atoms with E-state index in [1.54, 1.807) is 0 Å². The number of amidine groups is 2. The van der Waals surface area contributed by atoms with E-state index >= 15 is 0 Å². The van der Waals surface area contributed by atoms with Gasteiger partial charge in [0.05, 0.1) is 5.75 Å². The Morgan fingerprint density at radius 3 is 2.68 bits per heavy atom. The van der Waals surface area contributed by atoms with E-state index in [4.69, 9.17) is 0 Å². The zero-order valence-electron chi connectivity index (χ0n) is 13.2. The smallest absolute Gasteiger partial charge is 0.284 e. The van der Waals surface area contributed by atoms with Gasteiger partial charge in [-0.2, -0.15) is 0 Å². The third kappa shape index (κ3) is 4.83. The number of aryl methyl sites for hydroxylation is 1. The van der Waals surface area contributed by atoms with E-state index in [1.165, 1.54) is 0 Å². The Hall–Kier alpha value is -2.33. The number of thioether (sulfide) groups is 2. The molecule has 130 valence electrons. The number of amides is 3. The Morgan fingerprint density at radius 2 is 2.00 bits per heavy atom. The number of hydrogen-bond acceptors (Lipinski definition) is 7. The molecule has 2 aliphatic rings. The van der Waals surface area contributed by atoms with Crippen LogP contribution in [0.15, 0.2) is 34.5 Å². The summed E-state index contributed by atoms with van der Waals surface area (Å²) in [6, 6.07) is 7.42. The van der Waals surface area contributed by atoms with Crippen molar-refractivity contribution in [2.45, 2.75) is 18.6 Å². The number of anilines is 1. The second-order valence-electron chi connectivity index (χ2n) is 5.37. The number of carbonyl (C=O) groups is 3. The molecule has 0 unspecified atom stereocenters. The van der Waals surface area contributed by atoms with Crippen LogP contribution in [-0.4, -0.2) is 39.1 Å². The van der Waals surface area contributed by atoms with Crippen LogP contribution in [0.1, 0.15) is 12.0 Å². The number of rotatable bonds is 4. The Morgan fingerprint density at radius 1 is 1.24 bits per heavy atom. The predicted octanol–water partition coefficient (Wildman–Crippen LogP) is 1.68. The SMILES string of the molecule is Cc1ccc(NC(=O)C[C@@H]2S/C(=N/N=C3\CSC(=O)N3)NC2=O)cc1. The van der Waals surface area contributed by atoms with E-state index in [1.807, 2.05) is 31.2 Å². The monoisotopic (exact) mass is 377 g/mol. The third-order valence-corrected chi connectivity index (χ3v) is 5.18. The molecule has 8 nitrogen and oxygen atoms in total. The molecule has 0 saturated carbocycles. The fourth-order valence-electron chi connectivity index (χ4n) is 2.09. The molecule has 1 aromatic rings. The molecule has 1 atom stereocenters. The van der Waals surface area contributed by atoms with Crippen molar-refractivity contribution >= 4 is 57.3 Å². The lowest BCUT2D eigenvalue weighted by molar-refractivity contribution is -0.122. The first kappa shape index (κ1) is 17.5. The van der Waals surface area contributed by atoms with Crippen LogP contribution in [0.2, 0.25) is 0 Å². The zero-order chi connectivity index (χ0) is 17.8. The highest BCUT2D eigenvalue weighted by atomic mass is 32.2. The topological polar surface area (TPSA) is 112 Å². The van der Waals surface area contributed by atoms with E-state index < -0.39 is 5.25 Å². The first-order chi connectivity index (χ1) is 12.0. The van der Waals surface area contributed by atoms with Gasteiger partial charge in [0.15, 0.2) is 5.17 Å². The van der Waals surface area contributed by atoms with Crippen molar-refractivity contribution < 1.29 is 14.4 Å². The Balaban J connectivity index is 1.54. The van der Waals surface area contributed by atoms with Gasteiger partial charge in [-0.05, 0) is 19.1 Å². The first-order valence-corrected chi connectivity index (χ1v) is 9.28. The van der Waals surface area contributed by atoms with Crippen molar-refractivity contribution in [2.75, 3.05) is 11.1 Å². The number of hydrogen-bond donors (Lipinski definition) is 3. The minimum absolute atomic E-state index is 0.0343. The summed E-state index contributed by atoms with van der Waals surface area (Å²) in [5.41, 5.74) is 1.79. The number of benzene rings is 1. The summed E-state index contributed by atoms with van der Waals surface area (Å²) in [7, 11) is 0. The van der Waals surface area contributed by atoms with E-state index in [-0.39, 0.29) is 23.5 Å². The molecule has 0 radical (unpaired) electrons. The summed E-state index contributed by atoms with van der Waals surface area (Å²) in [4.78, 5) is 35.1. The third-order valence-electron chi connectivity index (χ3n) is 3.33. The fourth-order valence-corrected chi connectivity index (χ4v) is 3.59. The van der Waals surface area contributed by atoms with Crippen LogP contribution >= 0.6 is 23.5 Å². The maximum Gasteiger partial charge on any atom is 0.284 e. The first-order valence-electron chi connectivity index (χ1n) is 7.42. The van der Waals surface area contributed by atoms with E-state index in [2.05, 4.69) is 26.2 Å². The summed E-state index contributed by atoms with van der Waals surface area (Å²) >= 11 is 2.25. The highest BCUT2D eigenvalue weighted by Crippen LogP contribution is 2.23. The second kappa shape index (κ2) is 7.70. The van der Waals surface area contributed by atoms with Crippen LogP contribution in [0.4, 0.5) is 10.5 Å². The standard InChI is InChI=1S/C15H15N5O3S2/c1-8-2-4-9(5-3-8)16-12(21)6-10-13(22)18-14(25-10)20-19-11-7-24-15(23)17-11/h2-5,10H,6-7H2,1H3,(H,16,21)(H,17,19,23)(H,18,20,22)/t10-/m0/s1. The van der Waals surface area contributed by atoms with Gasteiger partial charge in [-0.15, -0.1) is 10.2 Å². The van der Waals surface area contributed by atoms with Gasteiger partial charge in [-0.1, -0.05) is 41.2 Å². The molecule has 2 heterocycles. The highest BCUT2D eigenvalue weighted by Gasteiger charge is 2.32. The summed E-state index contributed by atoms with van der Waals surface area (Å²) in [6.07, 6.45) is 0.0343. The fraction of sp³-hybridized carbons (Fsp3) is 0.267. The van der Waals surface area contributed by atoms with E-state index in [9.17, 15) is 14.4 Å². The number of carbonyl (C=O) groups excluding carboxylic acids is 3. The highest BCUT2D eigenvalue weighted by molar-refractivity contribution is 8.15. The van der Waals surface area contributed by atoms with Crippen LogP contribution in [0.25, 0.3) is 0 Å². The molecule has 0 aromatic heterocycles. The maximum absolute atomic E-state index is 12.1. The Kier molecular flexibility index (Phi) is 5.39. The van der Waals surface area contributed by atoms with Gasteiger partial charge in [-0.3, -0.25) is 14.4 Å². The molecule has 0 aliphatic carbocycles. The van der Waals surface area contributed by atoms with Gasteiger partial charge >= 0.3 is 0 Å². The molecule has 25 heavy (non-hydrogen) atoms. The van der Waals surface area contributed by atoms with Crippen LogP contribution in [0.3, 0.4) is 0 Å². The van der Waals surface area contributed by atoms with Gasteiger partial charge < -0.3 is 16.0 Å². The van der Waals surface area contributed by atoms with Crippen LogP contribution < -0.4 is 16.0 Å². The molecular weight excluding hydrogens is 362 g/mol. The Labute approximate surface area is 152 Å². The van der Waals surface area contributed by atoms with Crippen molar-refractivity contribution in [3.63, 3.8) is 0 Å². The van der Waals surface area contributed by atoms with Crippen molar-refractivity contribution in [3.8, 4) is 0 Å². The molecule has 3 amide bonds. The molecule has 0 spiro atoms. The zero-order valence-corrected chi connectivity index (χ0v) is 14.9. The van der Waals surface area contributed by atoms with Gasteiger partial charge in [0.1, 0.15) is 11.1 Å². The quantitative estimate of drug-likeness (QED) is 0.691. The Bertz CT molecular complexity index is 776. The molecule has 2 fully saturated rings. The van der Waals surface area contributed by atoms with E-state index in [0.717, 1.165) is 29.1 Å². The minimum atomic E-state index is -0.558. The van der Waals surface area contributed by atoms with E-state index in [0.29, 0.717) is 22.4 Å². The van der Waals surface area contributed by atoms with Crippen LogP contribution in [-0.2, 0) is 9.59 Å². The average molecular weight is 377 g/mol. The molecule has 3 N–H and O–H groups in total. The molecule has 0 bridgehead atoms. The molecule has 2 aliphatic heterocycles. The average Bonchev–Trinajstić information content (AvgIpc) is 3.14. The van der Waals surface area contributed by atoms with Gasteiger partial charge in [0, 0.05) is 12.1 Å². The largest absolute Gasteiger partial charge is 0.326 e. The lowest BCUT2D eigenvalue weighted by Gasteiger charge is -2.07. The molecule has 3 rings (SSSR count). The minimum Gasteiger partial charge on any atom is -0.326 e. The van der Waals surface area contributed by atoms with Crippen LogP contribution in [0, 0.1) is 6.92 Å². The summed E-state index contributed by atoms with van der Waals surface area (Å²) < 4.78 is 0. The molecule has 2 saturated heterocycles. The second-order valence-corrected chi connectivity index (χ2v) is 7.51. The molecule has 10 heteroatoms. The number of nitrogens with zero attached hydrogens (tertiary/aromatic N) is 2. The molecule has 1 aromatic carbocycles. The lowest BCUT2D eigenvalue weighted by Crippen LogP contribution is -2.28. The normalized spacial score (nSPS) is 23.0. The van der Waals surface area contributed by atoms with Gasteiger partial charge in [0.25, 0.3) is 5.24 Å². The summed E-state index contributed by atoms with van der Waals surface area (Å²) in [5, 5.41) is 15.3. The summed E-state index contributed by atoms with van der Waals surface area (Å²) in [5.74, 6) is 0.339. The lowest BCUT2D eigenvalue weighted by atomic mass is 10.2. The van der Waals surface area contributed by atoms with Crippen molar-refractivity contribution in [1.29, 1.82) is 0 Å². The van der Waals surface area contributed by atoms with Crippen LogP contribution in [0.5, 0.6) is 0 Å². The number of nitrogens with one attached hydrogen (secondary N) is 3. The maximum atomic E-state index is 12.1. The van der Waals surface area contributed by atoms with Gasteiger partial charge in [-0.25, -0.2) is 0 Å². The van der Waals surface area contributed by atoms with Crippen molar-refractivity contribution in [2.24, 2.45) is 10.2 Å². The van der Waals surface area contributed by atoms with Crippen molar-refractivity contribution in [3.05, 3.63) is 29.8 Å². The van der Waals surface area contributed by atoms with Gasteiger partial charge in [0.2, 0.25) is 11.8 Å². The predicted molar refractivity (Wildman–Crippen MR) is 99.8 cm³/mol. The summed E-state index contributed by atoms with van der Waals surface area (Å²) in [6.45, 7) is 1.96. The van der Waals surface area contributed by atoms with Crippen molar-refractivity contribution in [1.82, 2.24) is 10.6 Å².